The molecule has 3 heteroatoms. The third-order valence-electron chi connectivity index (χ3n) is 4.68. The molecule has 0 saturated heterocycles. The van der Waals surface area contributed by atoms with Gasteiger partial charge in [0.15, 0.2) is 0 Å². The van der Waals surface area contributed by atoms with Crippen LogP contribution in [-0.4, -0.2) is 46.8 Å². The molecule has 2 fully saturated rings. The van der Waals surface area contributed by atoms with E-state index in [0.29, 0.717) is 30.7 Å². The van der Waals surface area contributed by atoms with Crippen molar-refractivity contribution in [3.63, 3.8) is 0 Å². The average Bonchev–Trinajstić information content (AvgIpc) is 3.04. The van der Waals surface area contributed by atoms with Gasteiger partial charge in [-0.15, -0.1) is 0 Å². The van der Waals surface area contributed by atoms with Crippen molar-refractivity contribution in [2.24, 2.45) is 5.92 Å². The number of nitrogens with zero attached hydrogens (tertiary/aromatic N) is 1. The third kappa shape index (κ3) is 3.93. The summed E-state index contributed by atoms with van der Waals surface area (Å²) in [5.41, 5.74) is 0.00987. The Labute approximate surface area is 118 Å². The van der Waals surface area contributed by atoms with Crippen LogP contribution in [0.1, 0.15) is 59.8 Å². The Morgan fingerprint density at radius 2 is 1.89 bits per heavy atom. The quantitative estimate of drug-likeness (QED) is 0.744. The van der Waals surface area contributed by atoms with Crippen molar-refractivity contribution < 1.29 is 5.11 Å². The molecule has 2 N–H and O–H groups in total. The highest BCUT2D eigenvalue weighted by molar-refractivity contribution is 5.03. The van der Waals surface area contributed by atoms with Gasteiger partial charge in [-0.3, -0.25) is 4.90 Å². The van der Waals surface area contributed by atoms with Gasteiger partial charge in [0.2, 0.25) is 0 Å². The van der Waals surface area contributed by atoms with E-state index in [-0.39, 0.29) is 5.54 Å². The molecule has 19 heavy (non-hydrogen) atoms. The van der Waals surface area contributed by atoms with E-state index >= 15 is 0 Å². The molecule has 0 radical (unpaired) electrons. The minimum Gasteiger partial charge on any atom is -0.394 e. The van der Waals surface area contributed by atoms with Crippen molar-refractivity contribution in [3.05, 3.63) is 0 Å². The Morgan fingerprint density at radius 3 is 2.37 bits per heavy atom. The molecule has 0 amide bonds. The molecule has 2 rings (SSSR count). The first kappa shape index (κ1) is 15.3. The molecule has 0 aromatic heterocycles. The van der Waals surface area contributed by atoms with Crippen LogP contribution in [0, 0.1) is 5.92 Å². The van der Waals surface area contributed by atoms with Crippen LogP contribution in [0.5, 0.6) is 0 Å². The molecule has 0 aliphatic heterocycles. The Balaban J connectivity index is 1.97. The molecule has 0 aromatic carbocycles. The van der Waals surface area contributed by atoms with Gasteiger partial charge < -0.3 is 10.4 Å². The van der Waals surface area contributed by atoms with Crippen molar-refractivity contribution >= 4 is 0 Å². The van der Waals surface area contributed by atoms with E-state index in [1.54, 1.807) is 0 Å². The second-order valence-electron chi connectivity index (χ2n) is 7.44. The Morgan fingerprint density at radius 1 is 1.21 bits per heavy atom. The smallest absolute Gasteiger partial charge is 0.0614 e. The number of hydrogen-bond donors (Lipinski definition) is 2. The fourth-order valence-corrected chi connectivity index (χ4v) is 3.57. The minimum absolute atomic E-state index is 0.00987. The zero-order valence-electron chi connectivity index (χ0n) is 13.2. The molecule has 2 aliphatic rings. The van der Waals surface area contributed by atoms with Gasteiger partial charge in [0.05, 0.1) is 6.61 Å². The average molecular weight is 268 g/mol. The maximum absolute atomic E-state index is 9.83. The zero-order chi connectivity index (χ0) is 14.0. The fraction of sp³-hybridized carbons (Fsp3) is 1.00. The summed E-state index contributed by atoms with van der Waals surface area (Å²) in [5.74, 6) is 0.711. The van der Waals surface area contributed by atoms with Crippen molar-refractivity contribution in [1.29, 1.82) is 0 Å². The maximum Gasteiger partial charge on any atom is 0.0614 e. The van der Waals surface area contributed by atoms with E-state index in [2.05, 4.69) is 37.9 Å². The highest BCUT2D eigenvalue weighted by Gasteiger charge is 2.43. The molecule has 2 atom stereocenters. The Bertz CT molecular complexity index is 288. The van der Waals surface area contributed by atoms with E-state index in [0.717, 1.165) is 12.8 Å². The van der Waals surface area contributed by atoms with Crippen LogP contribution >= 0.6 is 0 Å². The monoisotopic (exact) mass is 268 g/mol. The van der Waals surface area contributed by atoms with Crippen LogP contribution in [0.3, 0.4) is 0 Å². The second-order valence-corrected chi connectivity index (χ2v) is 7.44. The van der Waals surface area contributed by atoms with Crippen LogP contribution in [0.15, 0.2) is 0 Å². The molecular formula is C16H32N2O. The van der Waals surface area contributed by atoms with Crippen molar-refractivity contribution in [1.82, 2.24) is 10.2 Å². The van der Waals surface area contributed by atoms with Crippen molar-refractivity contribution in [2.75, 3.05) is 13.2 Å². The Hall–Kier alpha value is -0.120. The van der Waals surface area contributed by atoms with E-state index in [4.69, 9.17) is 0 Å². The van der Waals surface area contributed by atoms with Gasteiger partial charge in [0.1, 0.15) is 0 Å². The van der Waals surface area contributed by atoms with E-state index < -0.39 is 0 Å². The normalized spacial score (nSPS) is 31.9. The topological polar surface area (TPSA) is 35.5 Å². The van der Waals surface area contributed by atoms with Gasteiger partial charge in [-0.2, -0.15) is 0 Å². The molecule has 112 valence electrons. The molecule has 0 spiro atoms. The zero-order valence-corrected chi connectivity index (χ0v) is 13.2. The lowest BCUT2D eigenvalue weighted by Crippen LogP contribution is -2.50. The standard InChI is InChI=1S/C16H32N2O/c1-12(2)10-18(13(3)4)15-7-8-16(9-15,11-19)17-14-5-6-14/h12-15,17,19H,5-11H2,1-4H3. The van der Waals surface area contributed by atoms with Gasteiger partial charge in [0.25, 0.3) is 0 Å². The van der Waals surface area contributed by atoms with Crippen LogP contribution in [0.4, 0.5) is 0 Å². The maximum atomic E-state index is 9.83. The van der Waals surface area contributed by atoms with Crippen molar-refractivity contribution in [2.45, 2.75) is 83.5 Å². The van der Waals surface area contributed by atoms with Gasteiger partial charge in [-0.25, -0.2) is 0 Å². The first-order chi connectivity index (χ1) is 8.96. The molecule has 2 aliphatic carbocycles. The third-order valence-corrected chi connectivity index (χ3v) is 4.68. The minimum atomic E-state index is 0.00987. The molecular weight excluding hydrogens is 236 g/mol. The first-order valence-electron chi connectivity index (χ1n) is 8.10. The highest BCUT2D eigenvalue weighted by Crippen LogP contribution is 2.36. The Kier molecular flexibility index (Phi) is 4.91. The SMILES string of the molecule is CC(C)CN(C(C)C)C1CCC(CO)(NC2CC2)C1. The summed E-state index contributed by atoms with van der Waals surface area (Å²) in [6.45, 7) is 10.7. The molecule has 2 unspecified atom stereocenters. The van der Waals surface area contributed by atoms with Crippen LogP contribution in [0.2, 0.25) is 0 Å². The second kappa shape index (κ2) is 6.11. The van der Waals surface area contributed by atoms with Gasteiger partial charge in [-0.1, -0.05) is 13.8 Å². The summed E-state index contributed by atoms with van der Waals surface area (Å²) >= 11 is 0. The number of rotatable bonds is 7. The van der Waals surface area contributed by atoms with E-state index in [9.17, 15) is 5.11 Å². The summed E-state index contributed by atoms with van der Waals surface area (Å²) in [6.07, 6.45) is 6.07. The molecule has 3 nitrogen and oxygen atoms in total. The summed E-state index contributed by atoms with van der Waals surface area (Å²) in [7, 11) is 0. The van der Waals surface area contributed by atoms with Crippen molar-refractivity contribution in [3.8, 4) is 0 Å². The van der Waals surface area contributed by atoms with Gasteiger partial charge in [0, 0.05) is 30.2 Å². The molecule has 0 bridgehead atoms. The lowest BCUT2D eigenvalue weighted by molar-refractivity contribution is 0.113. The van der Waals surface area contributed by atoms with E-state index in [1.807, 2.05) is 0 Å². The van der Waals surface area contributed by atoms with Crippen LogP contribution < -0.4 is 5.32 Å². The highest BCUT2D eigenvalue weighted by atomic mass is 16.3. The van der Waals surface area contributed by atoms with E-state index in [1.165, 1.54) is 25.8 Å². The van der Waals surface area contributed by atoms with Crippen LogP contribution in [-0.2, 0) is 0 Å². The first-order valence-corrected chi connectivity index (χ1v) is 8.10. The number of aliphatic hydroxyl groups is 1. The predicted molar refractivity (Wildman–Crippen MR) is 80.3 cm³/mol. The van der Waals surface area contributed by atoms with Gasteiger partial charge in [-0.05, 0) is 51.9 Å². The van der Waals surface area contributed by atoms with Crippen LogP contribution in [0.25, 0.3) is 0 Å². The molecule has 2 saturated carbocycles. The summed E-state index contributed by atoms with van der Waals surface area (Å²) in [5, 5.41) is 13.5. The molecule has 0 heterocycles. The number of nitrogens with one attached hydrogen (secondary N) is 1. The predicted octanol–water partition coefficient (Wildman–Crippen LogP) is 2.39. The molecule has 0 aromatic rings. The largest absolute Gasteiger partial charge is 0.394 e. The fourth-order valence-electron chi connectivity index (χ4n) is 3.57. The van der Waals surface area contributed by atoms with Gasteiger partial charge >= 0.3 is 0 Å². The lowest BCUT2D eigenvalue weighted by Gasteiger charge is -2.36. The lowest BCUT2D eigenvalue weighted by atomic mass is 9.97. The number of aliphatic hydroxyl groups excluding tert-OH is 1. The summed E-state index contributed by atoms with van der Waals surface area (Å²) in [6, 6.07) is 1.92. The number of hydrogen-bond acceptors (Lipinski definition) is 3. The summed E-state index contributed by atoms with van der Waals surface area (Å²) < 4.78 is 0. The summed E-state index contributed by atoms with van der Waals surface area (Å²) in [4.78, 5) is 2.65.